The molecule has 6 nitrogen and oxygen atoms in total. The summed E-state index contributed by atoms with van der Waals surface area (Å²) < 4.78 is 14.8. The van der Waals surface area contributed by atoms with Gasteiger partial charge in [0.05, 0.1) is 23.2 Å². The summed E-state index contributed by atoms with van der Waals surface area (Å²) in [5.41, 5.74) is 12.0. The van der Waals surface area contributed by atoms with Crippen molar-refractivity contribution < 1.29 is 8.83 Å². The first-order chi connectivity index (χ1) is 28.2. The second kappa shape index (κ2) is 12.3. The monoisotopic (exact) mass is 730 g/mol. The maximum Gasteiger partial charge on any atom is 0.160 e. The van der Waals surface area contributed by atoms with E-state index in [9.17, 15) is 0 Å². The van der Waals surface area contributed by atoms with Gasteiger partial charge < -0.3 is 8.83 Å². The number of benzene rings is 7. The van der Waals surface area contributed by atoms with Crippen LogP contribution in [0.3, 0.4) is 0 Å². The summed E-state index contributed by atoms with van der Waals surface area (Å²) in [5, 5.41) is 7.63. The molecular weight excluding hydrogens is 701 g/mol. The molecule has 0 aliphatic heterocycles. The minimum absolute atomic E-state index is 0.621. The Morgan fingerprint density at radius 1 is 0.474 bits per heavy atom. The van der Waals surface area contributed by atoms with Crippen LogP contribution in [0.2, 0.25) is 0 Å². The van der Waals surface area contributed by atoms with E-state index in [1.165, 1.54) is 10.8 Å². The normalized spacial score (nSPS) is 11.9. The van der Waals surface area contributed by atoms with Gasteiger partial charge in [0.25, 0.3) is 0 Å². The molecule has 0 bridgehead atoms. The van der Waals surface area contributed by atoms with Gasteiger partial charge in [0.2, 0.25) is 0 Å². The third kappa shape index (κ3) is 5.01. The Kier molecular flexibility index (Phi) is 6.83. The van der Waals surface area contributed by atoms with E-state index in [1.54, 1.807) is 0 Å². The summed E-state index contributed by atoms with van der Waals surface area (Å²) in [6, 6.07) is 58.8. The Bertz CT molecular complexity index is 3540. The first-order valence-corrected chi connectivity index (χ1v) is 19.0. The Hall–Kier alpha value is -7.83. The number of para-hydroxylation sites is 3. The molecule has 0 N–H and O–H groups in total. The number of pyridine rings is 1. The van der Waals surface area contributed by atoms with Crippen molar-refractivity contribution >= 4 is 65.6 Å². The van der Waals surface area contributed by atoms with Crippen LogP contribution in [-0.2, 0) is 0 Å². The largest absolute Gasteiger partial charge is 0.464 e. The fourth-order valence-electron chi connectivity index (χ4n) is 8.47. The minimum Gasteiger partial charge on any atom is -0.464 e. The second-order valence-corrected chi connectivity index (χ2v) is 14.4. The first kappa shape index (κ1) is 31.5. The van der Waals surface area contributed by atoms with Crippen molar-refractivity contribution in [1.82, 2.24) is 19.5 Å². The molecule has 12 rings (SSSR count). The lowest BCUT2D eigenvalue weighted by atomic mass is 9.97. The zero-order chi connectivity index (χ0) is 37.5. The molecule has 12 aromatic rings. The molecule has 5 aromatic heterocycles. The number of nitrogens with zero attached hydrogens (tertiary/aromatic N) is 4. The van der Waals surface area contributed by atoms with Crippen molar-refractivity contribution in [1.29, 1.82) is 0 Å². The predicted molar refractivity (Wildman–Crippen MR) is 230 cm³/mol. The van der Waals surface area contributed by atoms with Gasteiger partial charge in [0.15, 0.2) is 5.82 Å². The van der Waals surface area contributed by atoms with Crippen LogP contribution in [0, 0.1) is 0 Å². The highest BCUT2D eigenvalue weighted by atomic mass is 16.3. The summed E-state index contributed by atoms with van der Waals surface area (Å²) in [5.74, 6) is 0.621. The van der Waals surface area contributed by atoms with Crippen molar-refractivity contribution in [3.63, 3.8) is 0 Å². The molecule has 0 spiro atoms. The molecule has 57 heavy (non-hydrogen) atoms. The topological polar surface area (TPSA) is 69.9 Å². The van der Waals surface area contributed by atoms with Crippen LogP contribution in [0.25, 0.3) is 116 Å². The lowest BCUT2D eigenvalue weighted by Gasteiger charge is -2.14. The Balaban J connectivity index is 1.10. The summed E-state index contributed by atoms with van der Waals surface area (Å²) in [6.45, 7) is 0. The highest BCUT2D eigenvalue weighted by Gasteiger charge is 2.20. The van der Waals surface area contributed by atoms with Crippen LogP contribution in [0.15, 0.2) is 191 Å². The van der Waals surface area contributed by atoms with Crippen LogP contribution in [0.5, 0.6) is 0 Å². The zero-order valence-corrected chi connectivity index (χ0v) is 30.4. The number of hydrogen-bond acceptors (Lipinski definition) is 5. The number of rotatable bonds is 5. The molecule has 0 saturated carbocycles. The number of aromatic nitrogens is 4. The predicted octanol–water partition coefficient (Wildman–Crippen LogP) is 13.4. The molecule has 0 aliphatic rings. The van der Waals surface area contributed by atoms with Crippen molar-refractivity contribution in [2.75, 3.05) is 0 Å². The van der Waals surface area contributed by atoms with Gasteiger partial charge in [0, 0.05) is 55.5 Å². The zero-order valence-electron chi connectivity index (χ0n) is 30.4. The van der Waals surface area contributed by atoms with Crippen LogP contribution in [0.1, 0.15) is 0 Å². The smallest absolute Gasteiger partial charge is 0.160 e. The van der Waals surface area contributed by atoms with Gasteiger partial charge in [-0.2, -0.15) is 0 Å². The third-order valence-corrected chi connectivity index (χ3v) is 11.1. The van der Waals surface area contributed by atoms with Crippen LogP contribution >= 0.6 is 0 Å². The van der Waals surface area contributed by atoms with Crippen LogP contribution < -0.4 is 0 Å². The Morgan fingerprint density at radius 3 is 2.18 bits per heavy atom. The van der Waals surface area contributed by atoms with Gasteiger partial charge in [0.1, 0.15) is 22.4 Å². The number of fused-ring (bicyclic) bond motifs is 8. The fraction of sp³-hybridized carbons (Fsp3) is 0. The van der Waals surface area contributed by atoms with E-state index >= 15 is 0 Å². The SMILES string of the molecule is c1ccc(-n2c(-c3cc(-c4nc(-c5ccc6c(c5)oc5ccc7ccccc7c56)c5ccccc5n4)cc(-c4coc5ccccc45)c3)cc3cccnc32)cc1. The van der Waals surface area contributed by atoms with E-state index < -0.39 is 0 Å². The highest BCUT2D eigenvalue weighted by molar-refractivity contribution is 6.19. The minimum atomic E-state index is 0.621. The van der Waals surface area contributed by atoms with Gasteiger partial charge in [-0.15, -0.1) is 0 Å². The van der Waals surface area contributed by atoms with E-state index in [4.69, 9.17) is 23.8 Å². The lowest BCUT2D eigenvalue weighted by molar-refractivity contribution is 0.617. The maximum absolute atomic E-state index is 6.52. The molecule has 266 valence electrons. The molecular formula is C51H30N4O2. The molecule has 5 heterocycles. The molecule has 6 heteroatoms. The summed E-state index contributed by atoms with van der Waals surface area (Å²) >= 11 is 0. The van der Waals surface area contributed by atoms with Crippen LogP contribution in [-0.4, -0.2) is 19.5 Å². The fourth-order valence-corrected chi connectivity index (χ4v) is 8.47. The molecule has 0 amide bonds. The standard InChI is InChI=1S/C51H30N4O2/c1-2-13-37(14-3-1)55-44(28-33-12-10-24-52-51(33)55)35-25-34(42-30-56-45-19-9-7-16-39(42)45)26-36(27-35)50-53-43-18-8-6-17-40(43)49(54-50)32-20-22-41-47(29-32)57-46-23-21-31-11-4-5-15-38(31)48(41)46/h1-30H. The van der Waals surface area contributed by atoms with Gasteiger partial charge in [-0.05, 0) is 101 Å². The summed E-state index contributed by atoms with van der Waals surface area (Å²) in [4.78, 5) is 15.5. The van der Waals surface area contributed by atoms with E-state index in [1.807, 2.05) is 54.9 Å². The van der Waals surface area contributed by atoms with E-state index in [-0.39, 0.29) is 0 Å². The van der Waals surface area contributed by atoms with Crippen molar-refractivity contribution in [3.05, 3.63) is 182 Å². The summed E-state index contributed by atoms with van der Waals surface area (Å²) in [7, 11) is 0. The van der Waals surface area contributed by atoms with E-state index in [0.29, 0.717) is 5.82 Å². The van der Waals surface area contributed by atoms with E-state index in [2.05, 4.69) is 132 Å². The summed E-state index contributed by atoms with van der Waals surface area (Å²) in [6.07, 6.45) is 3.70. The Labute approximate surface area is 325 Å². The van der Waals surface area contributed by atoms with Gasteiger partial charge >= 0.3 is 0 Å². The van der Waals surface area contributed by atoms with E-state index in [0.717, 1.165) is 99.7 Å². The molecule has 0 fully saturated rings. The number of hydrogen-bond donors (Lipinski definition) is 0. The molecule has 0 aliphatic carbocycles. The molecule has 7 aromatic carbocycles. The number of furan rings is 2. The molecule has 0 saturated heterocycles. The van der Waals surface area contributed by atoms with Crippen molar-refractivity contribution in [2.24, 2.45) is 0 Å². The Morgan fingerprint density at radius 2 is 1.25 bits per heavy atom. The van der Waals surface area contributed by atoms with Crippen LogP contribution in [0.4, 0.5) is 0 Å². The average Bonchev–Trinajstić information content (AvgIpc) is 4.00. The second-order valence-electron chi connectivity index (χ2n) is 14.4. The van der Waals surface area contributed by atoms with Crippen molar-refractivity contribution in [3.8, 4) is 50.7 Å². The molecule has 0 unspecified atom stereocenters. The molecule has 0 atom stereocenters. The van der Waals surface area contributed by atoms with Gasteiger partial charge in [-0.1, -0.05) is 91.0 Å². The molecule has 0 radical (unpaired) electrons. The highest BCUT2D eigenvalue weighted by Crippen LogP contribution is 2.41. The third-order valence-electron chi connectivity index (χ3n) is 11.1. The van der Waals surface area contributed by atoms with Crippen molar-refractivity contribution in [2.45, 2.75) is 0 Å². The first-order valence-electron chi connectivity index (χ1n) is 19.0. The van der Waals surface area contributed by atoms with Gasteiger partial charge in [-0.25, -0.2) is 15.0 Å². The average molecular weight is 731 g/mol. The lowest BCUT2D eigenvalue weighted by Crippen LogP contribution is -1.99. The van der Waals surface area contributed by atoms with Gasteiger partial charge in [-0.3, -0.25) is 4.57 Å². The maximum atomic E-state index is 6.52. The quantitative estimate of drug-likeness (QED) is 0.176.